The van der Waals surface area contributed by atoms with Gasteiger partial charge >= 0.3 is 0 Å². The summed E-state index contributed by atoms with van der Waals surface area (Å²) in [6.07, 6.45) is 1.43. The number of aryl methyl sites for hydroxylation is 1. The lowest BCUT2D eigenvalue weighted by Crippen LogP contribution is -2.33. The molecule has 0 aliphatic rings. The fraction of sp³-hybridized carbons (Fsp3) is 0.385. The lowest BCUT2D eigenvalue weighted by molar-refractivity contribution is 0.0944. The first-order valence-electron chi connectivity index (χ1n) is 5.51. The van der Waals surface area contributed by atoms with Gasteiger partial charge < -0.3 is 5.32 Å². The summed E-state index contributed by atoms with van der Waals surface area (Å²) in [4.78, 5) is 11.9. The molecule has 84 valence electrons. The maximum Gasteiger partial charge on any atom is 0.252 e. The number of carbonyl (C=O) groups is 1. The molecule has 0 bridgehead atoms. The molecule has 0 spiro atoms. The van der Waals surface area contributed by atoms with E-state index in [1.54, 1.807) is 6.07 Å². The van der Waals surface area contributed by atoms with Crippen molar-refractivity contribution in [2.24, 2.45) is 0 Å². The molecule has 0 radical (unpaired) electrons. The van der Waals surface area contributed by atoms with Gasteiger partial charge in [0.1, 0.15) is 6.04 Å². The van der Waals surface area contributed by atoms with E-state index in [2.05, 4.69) is 11.4 Å². The van der Waals surface area contributed by atoms with Crippen molar-refractivity contribution in [3.8, 4) is 6.07 Å². The molecule has 0 saturated carbocycles. The van der Waals surface area contributed by atoms with Gasteiger partial charge in [-0.1, -0.05) is 32.0 Å². The van der Waals surface area contributed by atoms with Crippen LogP contribution in [0.4, 0.5) is 0 Å². The normalized spacial score (nSPS) is 11.6. The number of rotatable bonds is 4. The molecule has 0 aliphatic heterocycles. The topological polar surface area (TPSA) is 52.9 Å². The Morgan fingerprint density at radius 1 is 1.44 bits per heavy atom. The molecule has 1 amide bonds. The number of hydrogen-bond acceptors (Lipinski definition) is 2. The van der Waals surface area contributed by atoms with Crippen LogP contribution in [0.3, 0.4) is 0 Å². The molecule has 0 saturated heterocycles. The highest BCUT2D eigenvalue weighted by molar-refractivity contribution is 5.96. The molecule has 1 rings (SSSR count). The molecule has 0 fully saturated rings. The maximum atomic E-state index is 11.9. The van der Waals surface area contributed by atoms with Gasteiger partial charge in [-0.05, 0) is 24.5 Å². The molecule has 3 heteroatoms. The van der Waals surface area contributed by atoms with Crippen LogP contribution < -0.4 is 5.32 Å². The second-order valence-electron chi connectivity index (χ2n) is 3.57. The van der Waals surface area contributed by atoms with Crippen molar-refractivity contribution in [1.29, 1.82) is 5.26 Å². The Balaban J connectivity index is 2.85. The molecular weight excluding hydrogens is 200 g/mol. The molecule has 16 heavy (non-hydrogen) atoms. The minimum Gasteiger partial charge on any atom is -0.336 e. The van der Waals surface area contributed by atoms with Gasteiger partial charge in [-0.2, -0.15) is 5.26 Å². The predicted molar refractivity (Wildman–Crippen MR) is 63.0 cm³/mol. The van der Waals surface area contributed by atoms with Crippen molar-refractivity contribution >= 4 is 5.91 Å². The number of benzene rings is 1. The second kappa shape index (κ2) is 5.92. The zero-order chi connectivity index (χ0) is 12.0. The smallest absolute Gasteiger partial charge is 0.252 e. The third kappa shape index (κ3) is 2.83. The quantitative estimate of drug-likeness (QED) is 0.839. The van der Waals surface area contributed by atoms with E-state index in [4.69, 9.17) is 5.26 Å². The summed E-state index contributed by atoms with van der Waals surface area (Å²) in [6.45, 7) is 3.88. The standard InChI is InChI=1S/C13H16N2O/c1-3-10-7-5-6-8-12(10)13(16)15-11(4-2)9-14/h5-8,11H,3-4H2,1-2H3,(H,15,16). The average molecular weight is 216 g/mol. The Morgan fingerprint density at radius 3 is 2.69 bits per heavy atom. The number of hydrogen-bond donors (Lipinski definition) is 1. The van der Waals surface area contributed by atoms with E-state index >= 15 is 0 Å². The summed E-state index contributed by atoms with van der Waals surface area (Å²) >= 11 is 0. The number of amides is 1. The van der Waals surface area contributed by atoms with Crippen molar-refractivity contribution < 1.29 is 4.79 Å². The van der Waals surface area contributed by atoms with Crippen LogP contribution in [-0.2, 0) is 6.42 Å². The van der Waals surface area contributed by atoms with Crippen LogP contribution in [0.25, 0.3) is 0 Å². The first-order chi connectivity index (χ1) is 7.72. The Labute approximate surface area is 96.1 Å². The molecule has 0 heterocycles. The maximum absolute atomic E-state index is 11.9. The fourth-order valence-corrected chi connectivity index (χ4v) is 1.51. The Hall–Kier alpha value is -1.82. The highest BCUT2D eigenvalue weighted by Crippen LogP contribution is 2.09. The summed E-state index contributed by atoms with van der Waals surface area (Å²) in [6, 6.07) is 9.12. The van der Waals surface area contributed by atoms with Crippen molar-refractivity contribution in [3.05, 3.63) is 35.4 Å². The van der Waals surface area contributed by atoms with Crippen LogP contribution in [0, 0.1) is 11.3 Å². The van der Waals surface area contributed by atoms with Crippen LogP contribution in [0.5, 0.6) is 0 Å². The largest absolute Gasteiger partial charge is 0.336 e. The van der Waals surface area contributed by atoms with Crippen molar-refractivity contribution in [1.82, 2.24) is 5.32 Å². The van der Waals surface area contributed by atoms with Crippen LogP contribution in [0.1, 0.15) is 36.2 Å². The third-order valence-corrected chi connectivity index (χ3v) is 2.51. The summed E-state index contributed by atoms with van der Waals surface area (Å²) in [5.41, 5.74) is 1.67. The molecule has 1 atom stereocenters. The minimum absolute atomic E-state index is 0.161. The second-order valence-corrected chi connectivity index (χ2v) is 3.57. The summed E-state index contributed by atoms with van der Waals surface area (Å²) in [7, 11) is 0. The zero-order valence-corrected chi connectivity index (χ0v) is 9.66. The Morgan fingerprint density at radius 2 is 2.12 bits per heavy atom. The highest BCUT2D eigenvalue weighted by atomic mass is 16.1. The van der Waals surface area contributed by atoms with Crippen molar-refractivity contribution in [3.63, 3.8) is 0 Å². The van der Waals surface area contributed by atoms with Gasteiger partial charge in [0.15, 0.2) is 0 Å². The number of nitrogens with one attached hydrogen (secondary N) is 1. The average Bonchev–Trinajstić information content (AvgIpc) is 2.35. The summed E-state index contributed by atoms with van der Waals surface area (Å²) in [5, 5.41) is 11.5. The molecule has 0 aliphatic carbocycles. The highest BCUT2D eigenvalue weighted by Gasteiger charge is 2.13. The Kier molecular flexibility index (Phi) is 4.53. The molecule has 0 aromatic heterocycles. The van der Waals surface area contributed by atoms with Gasteiger partial charge in [0.2, 0.25) is 0 Å². The van der Waals surface area contributed by atoms with Crippen molar-refractivity contribution in [2.45, 2.75) is 32.7 Å². The zero-order valence-electron chi connectivity index (χ0n) is 9.66. The predicted octanol–water partition coefficient (Wildman–Crippen LogP) is 2.28. The molecule has 3 nitrogen and oxygen atoms in total. The van der Waals surface area contributed by atoms with Gasteiger partial charge in [-0.25, -0.2) is 0 Å². The van der Waals surface area contributed by atoms with Crippen LogP contribution in [0.2, 0.25) is 0 Å². The van der Waals surface area contributed by atoms with Crippen LogP contribution in [0.15, 0.2) is 24.3 Å². The first kappa shape index (κ1) is 12.3. The SMILES string of the molecule is CCc1ccccc1C(=O)NC(C#N)CC. The van der Waals surface area contributed by atoms with E-state index in [0.29, 0.717) is 12.0 Å². The summed E-state index contributed by atoms with van der Waals surface area (Å²) in [5.74, 6) is -0.161. The van der Waals surface area contributed by atoms with Gasteiger partial charge in [0.05, 0.1) is 6.07 Å². The first-order valence-corrected chi connectivity index (χ1v) is 5.51. The van der Waals surface area contributed by atoms with Gasteiger partial charge in [0, 0.05) is 5.56 Å². The van der Waals surface area contributed by atoms with E-state index in [0.717, 1.165) is 12.0 Å². The third-order valence-electron chi connectivity index (χ3n) is 2.51. The van der Waals surface area contributed by atoms with Gasteiger partial charge in [-0.15, -0.1) is 0 Å². The lowest BCUT2D eigenvalue weighted by atomic mass is 10.0. The number of nitriles is 1. The Bertz CT molecular complexity index is 407. The van der Waals surface area contributed by atoms with E-state index in [1.165, 1.54) is 0 Å². The molecule has 1 unspecified atom stereocenters. The molecule has 1 N–H and O–H groups in total. The lowest BCUT2D eigenvalue weighted by Gasteiger charge is -2.11. The minimum atomic E-state index is -0.405. The van der Waals surface area contributed by atoms with Gasteiger partial charge in [-0.3, -0.25) is 4.79 Å². The van der Waals surface area contributed by atoms with E-state index in [9.17, 15) is 4.79 Å². The summed E-state index contributed by atoms with van der Waals surface area (Å²) < 4.78 is 0. The monoisotopic (exact) mass is 216 g/mol. The van der Waals surface area contributed by atoms with E-state index in [-0.39, 0.29) is 5.91 Å². The van der Waals surface area contributed by atoms with Crippen molar-refractivity contribution in [2.75, 3.05) is 0 Å². The fourth-order valence-electron chi connectivity index (χ4n) is 1.51. The van der Waals surface area contributed by atoms with Gasteiger partial charge in [0.25, 0.3) is 5.91 Å². The van der Waals surface area contributed by atoms with Crippen LogP contribution >= 0.6 is 0 Å². The molecular formula is C13H16N2O. The number of carbonyl (C=O) groups excluding carboxylic acids is 1. The number of nitrogens with zero attached hydrogens (tertiary/aromatic N) is 1. The van der Waals surface area contributed by atoms with E-state index < -0.39 is 6.04 Å². The molecule has 1 aromatic carbocycles. The van der Waals surface area contributed by atoms with E-state index in [1.807, 2.05) is 32.0 Å². The van der Waals surface area contributed by atoms with Crippen LogP contribution in [-0.4, -0.2) is 11.9 Å². The molecule has 1 aromatic rings.